The average Bonchev–Trinajstić information content (AvgIpc) is 4.06. The molecule has 0 radical (unpaired) electrons. The van der Waals surface area contributed by atoms with E-state index in [1.165, 1.54) is 9.80 Å². The van der Waals surface area contributed by atoms with Gasteiger partial charge < -0.3 is 93.1 Å². The molecule has 0 spiro atoms. The molecule has 7 amide bonds. The predicted octanol–water partition coefficient (Wildman–Crippen LogP) is -4.57. The normalized spacial score (nSPS) is 17.8. The van der Waals surface area contributed by atoms with Gasteiger partial charge in [-0.25, -0.2) is 4.79 Å². The Hall–Kier alpha value is -5.90. The summed E-state index contributed by atoms with van der Waals surface area (Å²) in [5, 5.41) is 23.4. The third-order valence-corrected chi connectivity index (χ3v) is 12.8. The molecule has 0 saturated carbocycles. The molecule has 0 unspecified atom stereocenters. The van der Waals surface area contributed by atoms with Crippen molar-refractivity contribution in [1.29, 1.82) is 0 Å². The number of rotatable bonds is 37. The molecule has 24 N–H and O–H groups in total. The molecule has 416 valence electrons. The third kappa shape index (κ3) is 23.2. The van der Waals surface area contributed by atoms with Crippen LogP contribution in [0.4, 0.5) is 0 Å². The van der Waals surface area contributed by atoms with Crippen LogP contribution in [-0.4, -0.2) is 175 Å². The zero-order chi connectivity index (χ0) is 54.3. The second-order valence-corrected chi connectivity index (χ2v) is 18.7. The molecule has 2 heterocycles. The molecule has 2 saturated heterocycles. The molecule has 8 atom stereocenters. The zero-order valence-corrected chi connectivity index (χ0v) is 42.6. The maximum atomic E-state index is 14.6. The van der Waals surface area contributed by atoms with E-state index < -0.39 is 95.7 Å². The van der Waals surface area contributed by atoms with Crippen LogP contribution in [0.3, 0.4) is 0 Å². The van der Waals surface area contributed by atoms with Crippen LogP contribution in [0.2, 0.25) is 0 Å². The third-order valence-electron chi connectivity index (χ3n) is 12.8. The Bertz CT molecular complexity index is 1820. The Morgan fingerprint density at radius 3 is 1.34 bits per heavy atom. The van der Waals surface area contributed by atoms with Crippen molar-refractivity contribution in [2.75, 3.05) is 52.4 Å². The molecule has 27 heteroatoms. The quantitative estimate of drug-likeness (QED) is 0.0158. The summed E-state index contributed by atoms with van der Waals surface area (Å²) >= 11 is 0. The van der Waals surface area contributed by atoms with Crippen molar-refractivity contribution in [3.8, 4) is 0 Å². The van der Waals surface area contributed by atoms with Gasteiger partial charge in [0.1, 0.15) is 42.3 Å². The first-order chi connectivity index (χ1) is 34.9. The predicted molar refractivity (Wildman–Crippen MR) is 276 cm³/mol. The van der Waals surface area contributed by atoms with E-state index >= 15 is 0 Å². The lowest BCUT2D eigenvalue weighted by atomic mass is 10.0. The minimum absolute atomic E-state index is 0.0172. The van der Waals surface area contributed by atoms with Gasteiger partial charge in [-0.05, 0) is 148 Å². The smallest absolute Gasteiger partial charge is 0.326 e. The van der Waals surface area contributed by atoms with Crippen LogP contribution in [0.5, 0.6) is 0 Å². The molecular formula is C46H88N18O9. The number of nitrogens with zero attached hydrogens (tertiary/aromatic N) is 4. The summed E-state index contributed by atoms with van der Waals surface area (Å²) in [6.07, 6.45) is 7.09. The topological polar surface area (TPSA) is 482 Å². The van der Waals surface area contributed by atoms with Gasteiger partial charge in [0, 0.05) is 26.2 Å². The highest BCUT2D eigenvalue weighted by Gasteiger charge is 2.44. The van der Waals surface area contributed by atoms with Crippen molar-refractivity contribution in [2.45, 2.75) is 177 Å². The van der Waals surface area contributed by atoms with E-state index in [1.54, 1.807) is 0 Å². The van der Waals surface area contributed by atoms with Crippen LogP contribution in [0.25, 0.3) is 0 Å². The number of aliphatic carboxylic acids is 1. The number of hydrogen-bond acceptors (Lipinski definition) is 15. The minimum atomic E-state index is -1.24. The van der Waals surface area contributed by atoms with Crippen molar-refractivity contribution in [1.82, 2.24) is 36.4 Å². The molecular weight excluding hydrogens is 949 g/mol. The molecule has 2 aliphatic rings. The highest BCUT2D eigenvalue weighted by molar-refractivity contribution is 5.98. The molecule has 0 aromatic carbocycles. The van der Waals surface area contributed by atoms with Crippen LogP contribution in [0.15, 0.2) is 9.98 Å². The monoisotopic (exact) mass is 1040 g/mol. The average molecular weight is 1040 g/mol. The van der Waals surface area contributed by atoms with Crippen LogP contribution in [0, 0.1) is 0 Å². The molecule has 0 aromatic rings. The highest BCUT2D eigenvalue weighted by Crippen LogP contribution is 2.26. The molecule has 2 fully saturated rings. The van der Waals surface area contributed by atoms with Crippen LogP contribution in [0.1, 0.15) is 128 Å². The maximum Gasteiger partial charge on any atom is 0.326 e. The highest BCUT2D eigenvalue weighted by atomic mass is 16.4. The second-order valence-electron chi connectivity index (χ2n) is 18.7. The number of guanidine groups is 2. The summed E-state index contributed by atoms with van der Waals surface area (Å²) in [7, 11) is 0. The molecule has 0 aliphatic carbocycles. The fourth-order valence-electron chi connectivity index (χ4n) is 8.79. The SMILES string of the molecule is NCCCC[C@H](NC(=O)[C@H](CCCCN)NC(=O)[C@H](CCCN=C(N)N)NC(=O)[C@@H]1CCCN1C(=O)[C@@H]1CCCN1C(=O)[C@H](CCCN=C(N)N)NC(=O)[C@H](CCCCN)NC(=O)[C@@H](N)CCCCN)C(=O)O. The molecule has 2 rings (SSSR count). The number of carboxylic acids is 1. The Labute approximate surface area is 428 Å². The molecule has 27 nitrogen and oxygen atoms in total. The number of unbranched alkanes of at least 4 members (excludes halogenated alkanes) is 4. The Balaban J connectivity index is 2.38. The number of nitrogens with one attached hydrogen (secondary N) is 5. The number of hydrogen-bond donors (Lipinski definition) is 15. The lowest BCUT2D eigenvalue weighted by molar-refractivity contribution is -0.148. The lowest BCUT2D eigenvalue weighted by Gasteiger charge is -2.33. The van der Waals surface area contributed by atoms with Crippen molar-refractivity contribution in [3.63, 3.8) is 0 Å². The van der Waals surface area contributed by atoms with Gasteiger partial charge in [-0.3, -0.25) is 43.5 Å². The number of carboxylic acid groups (broad SMARTS) is 1. The van der Waals surface area contributed by atoms with E-state index in [1.807, 2.05) is 0 Å². The van der Waals surface area contributed by atoms with Crippen LogP contribution in [-0.2, 0) is 38.4 Å². The summed E-state index contributed by atoms with van der Waals surface area (Å²) in [5.41, 5.74) is 50.9. The molecule has 2 aliphatic heterocycles. The zero-order valence-electron chi connectivity index (χ0n) is 42.6. The first kappa shape index (κ1) is 63.2. The van der Waals surface area contributed by atoms with Crippen molar-refractivity contribution >= 4 is 59.2 Å². The van der Waals surface area contributed by atoms with Gasteiger partial charge in [0.15, 0.2) is 11.9 Å². The first-order valence-electron chi connectivity index (χ1n) is 25.9. The Kier molecular flexibility index (Phi) is 30.6. The van der Waals surface area contributed by atoms with Gasteiger partial charge in [0.05, 0.1) is 6.04 Å². The van der Waals surface area contributed by atoms with E-state index in [4.69, 9.17) is 51.6 Å². The van der Waals surface area contributed by atoms with Gasteiger partial charge in [0.2, 0.25) is 41.4 Å². The summed E-state index contributed by atoms with van der Waals surface area (Å²) in [6.45, 7) is 2.05. The van der Waals surface area contributed by atoms with Gasteiger partial charge in [-0.15, -0.1) is 0 Å². The van der Waals surface area contributed by atoms with E-state index in [2.05, 4.69) is 36.6 Å². The minimum Gasteiger partial charge on any atom is -0.480 e. The molecule has 0 aromatic heterocycles. The summed E-state index contributed by atoms with van der Waals surface area (Å²) in [4.78, 5) is 121. The van der Waals surface area contributed by atoms with Crippen molar-refractivity contribution < 1.29 is 43.5 Å². The Morgan fingerprint density at radius 2 is 0.863 bits per heavy atom. The number of carbonyl (C=O) groups is 8. The number of amides is 7. The van der Waals surface area contributed by atoms with E-state index in [0.717, 1.165) is 0 Å². The number of aliphatic imine (C=N–C) groups is 2. The largest absolute Gasteiger partial charge is 0.480 e. The van der Waals surface area contributed by atoms with E-state index in [9.17, 15) is 43.5 Å². The fourth-order valence-corrected chi connectivity index (χ4v) is 8.79. The van der Waals surface area contributed by atoms with Crippen molar-refractivity contribution in [2.24, 2.45) is 61.6 Å². The molecule has 0 bridgehead atoms. The van der Waals surface area contributed by atoms with Crippen molar-refractivity contribution in [3.05, 3.63) is 0 Å². The van der Waals surface area contributed by atoms with Crippen LogP contribution >= 0.6 is 0 Å². The Morgan fingerprint density at radius 1 is 0.479 bits per heavy atom. The molecule has 73 heavy (non-hydrogen) atoms. The van der Waals surface area contributed by atoms with E-state index in [-0.39, 0.29) is 95.9 Å². The van der Waals surface area contributed by atoms with Gasteiger partial charge >= 0.3 is 5.97 Å². The number of likely N-dealkylation sites (tertiary alicyclic amines) is 2. The first-order valence-corrected chi connectivity index (χ1v) is 25.9. The van der Waals surface area contributed by atoms with Gasteiger partial charge in [-0.1, -0.05) is 6.42 Å². The maximum absolute atomic E-state index is 14.6. The standard InChI is InChI=1S/C46H88N18O9/c47-21-5-1-13-29(51)37(65)58-30(14-2-6-22-48)39(67)61-33(18-10-26-57-46(54)55)42(70)64-28-12-20-36(64)43(71)63-27-11-19-35(63)41(69)60-32(17-9-25-56-45(52)53)38(66)59-31(15-3-7-23-49)40(68)62-34(44(72)73)16-4-8-24-50/h29-36H,1-28,47-51H2,(H,58,65)(H,59,66)(H,60,69)(H,61,67)(H,62,68)(H,72,73)(H4,52,53,56)(H4,54,55,57)/t29-,30-,31-,32-,33-,34-,35-,36-/m0/s1. The van der Waals surface area contributed by atoms with Gasteiger partial charge in [0.25, 0.3) is 0 Å². The van der Waals surface area contributed by atoms with Crippen LogP contribution < -0.4 is 78.2 Å². The summed E-state index contributed by atoms with van der Waals surface area (Å²) in [6, 6.07) is -8.80. The number of carbonyl (C=O) groups excluding carboxylic acids is 7. The summed E-state index contributed by atoms with van der Waals surface area (Å²) in [5.74, 6) is -5.88. The number of nitrogens with two attached hydrogens (primary N) is 9. The fraction of sp³-hybridized carbons (Fsp3) is 0.783. The summed E-state index contributed by atoms with van der Waals surface area (Å²) < 4.78 is 0. The lowest BCUT2D eigenvalue weighted by Crippen LogP contribution is -2.59. The second kappa shape index (κ2) is 35.3. The van der Waals surface area contributed by atoms with Gasteiger partial charge in [-0.2, -0.15) is 0 Å². The van der Waals surface area contributed by atoms with E-state index in [0.29, 0.717) is 96.8 Å².